The lowest BCUT2D eigenvalue weighted by molar-refractivity contribution is -0.116. The van der Waals surface area contributed by atoms with Crippen LogP contribution in [-0.2, 0) is 4.79 Å². The van der Waals surface area contributed by atoms with E-state index in [1.807, 2.05) is 13.8 Å². The maximum absolute atomic E-state index is 12.1. The summed E-state index contributed by atoms with van der Waals surface area (Å²) in [7, 11) is 0. The Kier molecular flexibility index (Phi) is 7.21. The van der Waals surface area contributed by atoms with E-state index in [-0.39, 0.29) is 17.4 Å². The van der Waals surface area contributed by atoms with Gasteiger partial charge in [-0.15, -0.1) is 0 Å². The van der Waals surface area contributed by atoms with Gasteiger partial charge in [-0.05, 0) is 48.4 Å². The molecule has 3 N–H and O–H groups in total. The highest BCUT2D eigenvalue weighted by Gasteiger charge is 2.11. The number of benzene rings is 2. The lowest BCUT2D eigenvalue weighted by Gasteiger charge is -2.10. The average molecular weight is 408 g/mol. The third kappa shape index (κ3) is 6.58. The smallest absolute Gasteiger partial charge is 0.269 e. The van der Waals surface area contributed by atoms with E-state index in [2.05, 4.69) is 16.2 Å². The molecule has 27 heavy (non-hydrogen) atoms. The number of rotatable bonds is 5. The molecule has 0 aliphatic rings. The molecule has 8 heteroatoms. The molecule has 2 aromatic carbocycles. The zero-order chi connectivity index (χ0) is 20.0. The van der Waals surface area contributed by atoms with Crippen LogP contribution in [0.3, 0.4) is 0 Å². The van der Waals surface area contributed by atoms with Crippen LogP contribution in [0.4, 0.5) is 5.69 Å². The number of hydrogen-bond donors (Lipinski definition) is 3. The first-order valence-electron chi connectivity index (χ1n) is 8.21. The molecule has 0 aliphatic heterocycles. The summed E-state index contributed by atoms with van der Waals surface area (Å²) < 4.78 is 0. The van der Waals surface area contributed by atoms with Gasteiger partial charge in [-0.25, -0.2) is 0 Å². The summed E-state index contributed by atoms with van der Waals surface area (Å²) in [6, 6.07) is 10.7. The Morgan fingerprint density at radius 1 is 0.852 bits per heavy atom. The monoisotopic (exact) mass is 407 g/mol. The van der Waals surface area contributed by atoms with Crippen LogP contribution in [0.5, 0.6) is 0 Å². The van der Waals surface area contributed by atoms with Crippen LogP contribution in [0.25, 0.3) is 0 Å². The summed E-state index contributed by atoms with van der Waals surface area (Å²) in [5, 5.41) is 3.38. The van der Waals surface area contributed by atoms with Crippen LogP contribution >= 0.6 is 23.2 Å². The molecule has 0 fully saturated rings. The van der Waals surface area contributed by atoms with Gasteiger partial charge >= 0.3 is 0 Å². The molecule has 0 saturated carbocycles. The number of carbonyl (C=O) groups is 3. The van der Waals surface area contributed by atoms with Crippen molar-refractivity contribution in [3.05, 3.63) is 63.6 Å². The molecule has 0 saturated heterocycles. The molecule has 0 aliphatic carbocycles. The molecule has 0 atom stereocenters. The van der Waals surface area contributed by atoms with Gasteiger partial charge in [0.2, 0.25) is 5.91 Å². The van der Waals surface area contributed by atoms with E-state index >= 15 is 0 Å². The fraction of sp³-hybridized carbons (Fsp3) is 0.211. The number of hydrazine groups is 1. The lowest BCUT2D eigenvalue weighted by Crippen LogP contribution is -2.41. The zero-order valence-electron chi connectivity index (χ0n) is 14.8. The molecule has 6 nitrogen and oxygen atoms in total. The number of anilines is 1. The third-order valence-electron chi connectivity index (χ3n) is 3.44. The van der Waals surface area contributed by atoms with E-state index in [9.17, 15) is 14.4 Å². The van der Waals surface area contributed by atoms with Gasteiger partial charge in [0.25, 0.3) is 11.8 Å². The average Bonchev–Trinajstić information content (AvgIpc) is 2.58. The third-order valence-corrected chi connectivity index (χ3v) is 3.88. The number of nitrogens with one attached hydrogen (secondary N) is 3. The van der Waals surface area contributed by atoms with Crippen molar-refractivity contribution in [2.75, 3.05) is 5.32 Å². The van der Waals surface area contributed by atoms with Gasteiger partial charge in [0.05, 0.1) is 0 Å². The van der Waals surface area contributed by atoms with Gasteiger partial charge in [0.15, 0.2) is 0 Å². The molecular weight excluding hydrogens is 389 g/mol. The Morgan fingerprint density at radius 2 is 1.37 bits per heavy atom. The fourth-order valence-electron chi connectivity index (χ4n) is 2.23. The van der Waals surface area contributed by atoms with Crippen LogP contribution in [-0.4, -0.2) is 17.7 Å². The normalized spacial score (nSPS) is 10.4. The van der Waals surface area contributed by atoms with E-state index in [4.69, 9.17) is 23.2 Å². The molecule has 2 rings (SSSR count). The minimum Gasteiger partial charge on any atom is -0.326 e. The first-order chi connectivity index (χ1) is 12.7. The summed E-state index contributed by atoms with van der Waals surface area (Å²) in [6.45, 7) is 3.91. The van der Waals surface area contributed by atoms with Crippen molar-refractivity contribution in [1.82, 2.24) is 10.9 Å². The summed E-state index contributed by atoms with van der Waals surface area (Å²) in [6.07, 6.45) is 0.418. The maximum atomic E-state index is 12.1. The van der Waals surface area contributed by atoms with E-state index in [0.717, 1.165) is 0 Å². The van der Waals surface area contributed by atoms with Gasteiger partial charge in [-0.3, -0.25) is 25.2 Å². The Morgan fingerprint density at radius 3 is 1.89 bits per heavy atom. The SMILES string of the molecule is CC(C)CC(=O)Nc1ccc(C(=O)NNC(=O)c2cc(Cl)cc(Cl)c2)cc1. The van der Waals surface area contributed by atoms with Crippen LogP contribution < -0.4 is 16.2 Å². The highest BCUT2D eigenvalue weighted by molar-refractivity contribution is 6.35. The number of halogens is 2. The van der Waals surface area contributed by atoms with Gasteiger partial charge in [0, 0.05) is 33.3 Å². The Balaban J connectivity index is 1.92. The number of carbonyl (C=O) groups excluding carboxylic acids is 3. The van der Waals surface area contributed by atoms with Crippen LogP contribution in [0.15, 0.2) is 42.5 Å². The largest absolute Gasteiger partial charge is 0.326 e. The molecular formula is C19H19Cl2N3O3. The van der Waals surface area contributed by atoms with Gasteiger partial charge < -0.3 is 5.32 Å². The van der Waals surface area contributed by atoms with Crippen LogP contribution in [0.1, 0.15) is 41.0 Å². The Bertz CT molecular complexity index is 832. The van der Waals surface area contributed by atoms with Crippen LogP contribution in [0.2, 0.25) is 10.0 Å². The standard InChI is InChI=1S/C19H19Cl2N3O3/c1-11(2)7-17(25)22-16-5-3-12(4-6-16)18(26)23-24-19(27)13-8-14(20)10-15(21)9-13/h3-6,8-11H,7H2,1-2H3,(H,22,25)(H,23,26)(H,24,27). The van der Waals surface area contributed by atoms with E-state index < -0.39 is 11.8 Å². The minimum atomic E-state index is -0.551. The predicted molar refractivity (Wildman–Crippen MR) is 106 cm³/mol. The second-order valence-corrected chi connectivity index (χ2v) is 7.16. The zero-order valence-corrected chi connectivity index (χ0v) is 16.3. The molecule has 0 spiro atoms. The van der Waals surface area contributed by atoms with Gasteiger partial charge in [0.1, 0.15) is 0 Å². The topological polar surface area (TPSA) is 87.3 Å². The highest BCUT2D eigenvalue weighted by Crippen LogP contribution is 2.18. The molecule has 2 aromatic rings. The molecule has 0 heterocycles. The molecule has 0 unspecified atom stereocenters. The summed E-state index contributed by atoms with van der Waals surface area (Å²) in [4.78, 5) is 35.9. The quantitative estimate of drug-likeness (QED) is 0.653. The van der Waals surface area contributed by atoms with Crippen molar-refractivity contribution < 1.29 is 14.4 Å². The predicted octanol–water partition coefficient (Wildman–Crippen LogP) is 4.05. The van der Waals surface area contributed by atoms with E-state index in [1.54, 1.807) is 24.3 Å². The van der Waals surface area contributed by atoms with Crippen molar-refractivity contribution in [3.63, 3.8) is 0 Å². The second kappa shape index (κ2) is 9.39. The highest BCUT2D eigenvalue weighted by atomic mass is 35.5. The summed E-state index contributed by atoms with van der Waals surface area (Å²) in [5.41, 5.74) is 5.74. The molecule has 142 valence electrons. The van der Waals surface area contributed by atoms with E-state index in [1.165, 1.54) is 18.2 Å². The van der Waals surface area contributed by atoms with Crippen molar-refractivity contribution in [2.45, 2.75) is 20.3 Å². The van der Waals surface area contributed by atoms with Crippen LogP contribution in [0, 0.1) is 5.92 Å². The fourth-order valence-corrected chi connectivity index (χ4v) is 2.76. The molecule has 0 aromatic heterocycles. The van der Waals surface area contributed by atoms with Crippen molar-refractivity contribution in [3.8, 4) is 0 Å². The van der Waals surface area contributed by atoms with Crippen molar-refractivity contribution in [1.29, 1.82) is 0 Å². The van der Waals surface area contributed by atoms with Crippen molar-refractivity contribution in [2.24, 2.45) is 5.92 Å². The van der Waals surface area contributed by atoms with Crippen molar-refractivity contribution >= 4 is 46.6 Å². The Hall–Kier alpha value is -2.57. The van der Waals surface area contributed by atoms with Gasteiger partial charge in [-0.2, -0.15) is 0 Å². The molecule has 0 bridgehead atoms. The second-order valence-electron chi connectivity index (χ2n) is 6.29. The minimum absolute atomic E-state index is 0.0883. The van der Waals surface area contributed by atoms with Gasteiger partial charge in [-0.1, -0.05) is 37.0 Å². The first-order valence-corrected chi connectivity index (χ1v) is 8.97. The number of hydrogen-bond acceptors (Lipinski definition) is 3. The van der Waals surface area contributed by atoms with E-state index in [0.29, 0.717) is 27.7 Å². The maximum Gasteiger partial charge on any atom is 0.269 e. The number of amides is 3. The Labute approximate surface area is 167 Å². The summed E-state index contributed by atoms with van der Waals surface area (Å²) in [5.74, 6) is -0.885. The molecule has 3 amide bonds. The molecule has 0 radical (unpaired) electrons. The lowest BCUT2D eigenvalue weighted by atomic mass is 10.1. The first kappa shape index (κ1) is 20.7. The summed E-state index contributed by atoms with van der Waals surface area (Å²) >= 11 is 11.7.